The van der Waals surface area contributed by atoms with Gasteiger partial charge in [0.2, 0.25) is 5.91 Å². The smallest absolute Gasteiger partial charge is 0.244 e. The fourth-order valence-corrected chi connectivity index (χ4v) is 2.29. The van der Waals surface area contributed by atoms with Crippen LogP contribution in [0.15, 0.2) is 22.7 Å². The molecule has 1 aliphatic rings. The largest absolute Gasteiger partial charge is 0.323 e. The lowest BCUT2D eigenvalue weighted by atomic mass is 9.99. The molecule has 2 rings (SSSR count). The van der Waals surface area contributed by atoms with Gasteiger partial charge in [0.1, 0.15) is 5.82 Å². The number of carbonyl (C=O) groups is 1. The Labute approximate surface area is 108 Å². The quantitative estimate of drug-likeness (QED) is 0.882. The molecule has 0 bridgehead atoms. The third-order valence-corrected chi connectivity index (χ3v) is 3.74. The van der Waals surface area contributed by atoms with E-state index in [4.69, 9.17) is 0 Å². The monoisotopic (exact) mass is 300 g/mol. The molecule has 0 spiro atoms. The number of hydrogen-bond donors (Lipinski definition) is 2. The number of anilines is 1. The molecule has 92 valence electrons. The Bertz CT molecular complexity index is 444. The zero-order valence-corrected chi connectivity index (χ0v) is 11.1. The van der Waals surface area contributed by atoms with E-state index in [2.05, 4.69) is 26.6 Å². The van der Waals surface area contributed by atoms with Crippen molar-refractivity contribution < 1.29 is 9.18 Å². The lowest BCUT2D eigenvalue weighted by Crippen LogP contribution is -2.48. The Balaban J connectivity index is 2.15. The van der Waals surface area contributed by atoms with Crippen molar-refractivity contribution in [2.24, 2.45) is 0 Å². The molecule has 17 heavy (non-hydrogen) atoms. The van der Waals surface area contributed by atoms with Gasteiger partial charge in [-0.15, -0.1) is 0 Å². The molecular formula is C12H14BrFN2O. The highest BCUT2D eigenvalue weighted by atomic mass is 79.9. The zero-order chi connectivity index (χ0) is 12.5. The maximum Gasteiger partial charge on any atom is 0.244 e. The topological polar surface area (TPSA) is 41.1 Å². The minimum atomic E-state index is -0.550. The van der Waals surface area contributed by atoms with Gasteiger partial charge in [0.05, 0.1) is 11.2 Å². The highest BCUT2D eigenvalue weighted by Crippen LogP contribution is 2.26. The standard InChI is InChI=1S/C12H14BrFN2O/c1-12(5-2-6-15-12)11(17)16-10-7-8(14)3-4-9(10)13/h3-4,7,15H,2,5-6H2,1H3,(H,16,17). The van der Waals surface area contributed by atoms with Crippen molar-refractivity contribution in [2.75, 3.05) is 11.9 Å². The number of amides is 1. The molecule has 2 N–H and O–H groups in total. The van der Waals surface area contributed by atoms with Crippen LogP contribution in [0.2, 0.25) is 0 Å². The minimum absolute atomic E-state index is 0.124. The molecule has 0 saturated carbocycles. The SMILES string of the molecule is CC1(C(=O)Nc2cc(F)ccc2Br)CCCN1. The summed E-state index contributed by atoms with van der Waals surface area (Å²) in [5.41, 5.74) is -0.0870. The summed E-state index contributed by atoms with van der Waals surface area (Å²) in [5, 5.41) is 5.91. The van der Waals surface area contributed by atoms with Gasteiger partial charge in [-0.05, 0) is 60.4 Å². The van der Waals surface area contributed by atoms with Gasteiger partial charge in [-0.1, -0.05) is 0 Å². The average molecular weight is 301 g/mol. The third kappa shape index (κ3) is 2.66. The van der Waals surface area contributed by atoms with E-state index >= 15 is 0 Å². The van der Waals surface area contributed by atoms with Crippen molar-refractivity contribution >= 4 is 27.5 Å². The normalized spacial score (nSPS) is 23.7. The van der Waals surface area contributed by atoms with E-state index in [1.54, 1.807) is 6.07 Å². The first-order valence-corrected chi connectivity index (χ1v) is 6.32. The second-order valence-corrected chi connectivity index (χ2v) is 5.30. The molecular weight excluding hydrogens is 287 g/mol. The Morgan fingerprint density at radius 2 is 2.35 bits per heavy atom. The molecule has 1 heterocycles. The van der Waals surface area contributed by atoms with Gasteiger partial charge >= 0.3 is 0 Å². The van der Waals surface area contributed by atoms with Crippen LogP contribution in [0.1, 0.15) is 19.8 Å². The average Bonchev–Trinajstić information content (AvgIpc) is 2.72. The maximum atomic E-state index is 13.1. The summed E-state index contributed by atoms with van der Waals surface area (Å²) in [5.74, 6) is -0.491. The van der Waals surface area contributed by atoms with Crippen LogP contribution in [0.5, 0.6) is 0 Å². The van der Waals surface area contributed by atoms with Crippen LogP contribution in [-0.2, 0) is 4.79 Å². The van der Waals surface area contributed by atoms with Crippen molar-refractivity contribution in [3.05, 3.63) is 28.5 Å². The molecule has 0 aliphatic carbocycles. The number of rotatable bonds is 2. The lowest BCUT2D eigenvalue weighted by molar-refractivity contribution is -0.121. The molecule has 1 atom stereocenters. The second kappa shape index (κ2) is 4.74. The molecule has 1 amide bonds. The first-order valence-electron chi connectivity index (χ1n) is 5.53. The van der Waals surface area contributed by atoms with E-state index in [-0.39, 0.29) is 11.7 Å². The molecule has 1 unspecified atom stereocenters. The summed E-state index contributed by atoms with van der Waals surface area (Å²) in [6.45, 7) is 2.71. The van der Waals surface area contributed by atoms with Crippen molar-refractivity contribution in [2.45, 2.75) is 25.3 Å². The number of halogens is 2. The van der Waals surface area contributed by atoms with E-state index in [9.17, 15) is 9.18 Å². The number of nitrogens with one attached hydrogen (secondary N) is 2. The van der Waals surface area contributed by atoms with Crippen molar-refractivity contribution in [1.29, 1.82) is 0 Å². The highest BCUT2D eigenvalue weighted by Gasteiger charge is 2.36. The van der Waals surface area contributed by atoms with Crippen LogP contribution in [0.4, 0.5) is 10.1 Å². The van der Waals surface area contributed by atoms with Gasteiger partial charge in [-0.3, -0.25) is 4.79 Å². The van der Waals surface area contributed by atoms with E-state index < -0.39 is 5.54 Å². The summed E-state index contributed by atoms with van der Waals surface area (Å²) in [4.78, 5) is 12.1. The fraction of sp³-hybridized carbons (Fsp3) is 0.417. The van der Waals surface area contributed by atoms with Crippen LogP contribution in [-0.4, -0.2) is 18.0 Å². The Hall–Kier alpha value is -0.940. The van der Waals surface area contributed by atoms with Crippen LogP contribution in [0.3, 0.4) is 0 Å². The Morgan fingerprint density at radius 1 is 1.59 bits per heavy atom. The molecule has 3 nitrogen and oxygen atoms in total. The van der Waals surface area contributed by atoms with Crippen molar-refractivity contribution in [3.63, 3.8) is 0 Å². The predicted octanol–water partition coefficient (Wildman–Crippen LogP) is 2.67. The summed E-state index contributed by atoms with van der Waals surface area (Å²) < 4.78 is 13.8. The van der Waals surface area contributed by atoms with Crippen LogP contribution >= 0.6 is 15.9 Å². The van der Waals surface area contributed by atoms with Crippen LogP contribution in [0, 0.1) is 5.82 Å². The summed E-state index contributed by atoms with van der Waals surface area (Å²) in [6.07, 6.45) is 1.78. The molecule has 1 aromatic rings. The molecule has 1 aromatic carbocycles. The Kier molecular flexibility index (Phi) is 3.49. The number of hydrogen-bond acceptors (Lipinski definition) is 2. The summed E-state index contributed by atoms with van der Waals surface area (Å²) in [7, 11) is 0. The first-order chi connectivity index (χ1) is 8.01. The highest BCUT2D eigenvalue weighted by molar-refractivity contribution is 9.10. The van der Waals surface area contributed by atoms with Gasteiger partial charge in [0.15, 0.2) is 0 Å². The van der Waals surface area contributed by atoms with Gasteiger partial charge < -0.3 is 10.6 Å². The van der Waals surface area contributed by atoms with Crippen molar-refractivity contribution in [3.8, 4) is 0 Å². The number of benzene rings is 1. The summed E-state index contributed by atoms with van der Waals surface area (Å²) >= 11 is 3.28. The minimum Gasteiger partial charge on any atom is -0.323 e. The van der Waals surface area contributed by atoms with Gasteiger partial charge in [-0.25, -0.2) is 4.39 Å². The first kappa shape index (κ1) is 12.5. The van der Waals surface area contributed by atoms with Gasteiger partial charge in [0, 0.05) is 4.47 Å². The fourth-order valence-electron chi connectivity index (χ4n) is 1.94. The lowest BCUT2D eigenvalue weighted by Gasteiger charge is -2.23. The predicted molar refractivity (Wildman–Crippen MR) is 68.4 cm³/mol. The van der Waals surface area contributed by atoms with Crippen LogP contribution in [0.25, 0.3) is 0 Å². The molecule has 1 saturated heterocycles. The molecule has 1 aliphatic heterocycles. The molecule has 0 aromatic heterocycles. The van der Waals surface area contributed by atoms with E-state index in [0.29, 0.717) is 10.2 Å². The van der Waals surface area contributed by atoms with E-state index in [1.165, 1.54) is 12.1 Å². The molecule has 1 fully saturated rings. The third-order valence-electron chi connectivity index (χ3n) is 3.05. The Morgan fingerprint density at radius 3 is 3.00 bits per heavy atom. The molecule has 0 radical (unpaired) electrons. The maximum absolute atomic E-state index is 13.1. The number of carbonyl (C=O) groups excluding carboxylic acids is 1. The zero-order valence-electron chi connectivity index (χ0n) is 9.52. The van der Waals surface area contributed by atoms with E-state index in [1.807, 2.05) is 6.92 Å². The van der Waals surface area contributed by atoms with Crippen LogP contribution < -0.4 is 10.6 Å². The van der Waals surface area contributed by atoms with Gasteiger partial charge in [-0.2, -0.15) is 0 Å². The molecule has 5 heteroatoms. The van der Waals surface area contributed by atoms with Crippen molar-refractivity contribution in [1.82, 2.24) is 5.32 Å². The van der Waals surface area contributed by atoms with E-state index in [0.717, 1.165) is 19.4 Å². The van der Waals surface area contributed by atoms with Gasteiger partial charge in [0.25, 0.3) is 0 Å². The second-order valence-electron chi connectivity index (χ2n) is 4.44. The summed E-state index contributed by atoms with van der Waals surface area (Å²) in [6, 6.07) is 4.23.